The lowest BCUT2D eigenvalue weighted by Crippen LogP contribution is -2.11. The fourth-order valence-electron chi connectivity index (χ4n) is 2.08. The summed E-state index contributed by atoms with van der Waals surface area (Å²) in [4.78, 5) is 11.0. The summed E-state index contributed by atoms with van der Waals surface area (Å²) >= 11 is 0. The number of rotatable bonds is 7. The molecule has 0 saturated heterocycles. The van der Waals surface area contributed by atoms with Gasteiger partial charge in [0, 0.05) is 12.2 Å². The Morgan fingerprint density at radius 3 is 2.33 bits per heavy atom. The molecule has 2 rings (SSSR count). The minimum atomic E-state index is 0.0881. The number of aliphatic hydroxyl groups excluding tert-OH is 1. The Hall–Kier alpha value is -1.35. The molecule has 1 N–H and O–H groups in total. The highest BCUT2D eigenvalue weighted by molar-refractivity contribution is 5.94. The van der Waals surface area contributed by atoms with Crippen LogP contribution in [-0.4, -0.2) is 24.1 Å². The Morgan fingerprint density at radius 1 is 1.29 bits per heavy atom. The van der Waals surface area contributed by atoms with Gasteiger partial charge in [-0.15, -0.1) is 0 Å². The number of Topliss-reactive ketones (excluding diaryl/α,β-unsaturated/α-hetero) is 1. The molecule has 1 fully saturated rings. The van der Waals surface area contributed by atoms with Crippen LogP contribution in [0.5, 0.6) is 5.75 Å². The second-order valence-electron chi connectivity index (χ2n) is 5.59. The van der Waals surface area contributed by atoms with Gasteiger partial charge in [0.05, 0.1) is 6.61 Å². The molecule has 3 nitrogen and oxygen atoms in total. The minimum Gasteiger partial charge on any atom is -0.494 e. The molecule has 21 heavy (non-hydrogen) atoms. The monoisotopic (exact) mass is 292 g/mol. The van der Waals surface area contributed by atoms with E-state index >= 15 is 0 Å². The van der Waals surface area contributed by atoms with E-state index in [-0.39, 0.29) is 5.78 Å². The van der Waals surface area contributed by atoms with Crippen molar-refractivity contribution in [3.8, 4) is 5.75 Å². The quantitative estimate of drug-likeness (QED) is 0.604. The van der Waals surface area contributed by atoms with Crippen LogP contribution in [0, 0.1) is 5.92 Å². The zero-order valence-electron chi connectivity index (χ0n) is 13.3. The molecule has 0 aromatic heterocycles. The summed E-state index contributed by atoms with van der Waals surface area (Å²) in [6, 6.07) is 7.27. The molecule has 0 unspecified atom stereocenters. The average Bonchev–Trinajstić information content (AvgIpc) is 2.44. The molecule has 1 aromatic carbocycles. The van der Waals surface area contributed by atoms with Crippen molar-refractivity contribution in [3.05, 3.63) is 29.8 Å². The maximum Gasteiger partial charge on any atom is 0.159 e. The van der Waals surface area contributed by atoms with Gasteiger partial charge >= 0.3 is 0 Å². The summed E-state index contributed by atoms with van der Waals surface area (Å²) < 4.78 is 5.47. The number of carbonyl (C=O) groups excluding carboxylic acids is 1. The van der Waals surface area contributed by atoms with Gasteiger partial charge in [-0.05, 0) is 49.9 Å². The topological polar surface area (TPSA) is 46.5 Å². The fraction of sp³-hybridized carbons (Fsp3) is 0.611. The number of hydrogen-bond acceptors (Lipinski definition) is 3. The summed E-state index contributed by atoms with van der Waals surface area (Å²) in [7, 11) is 0. The highest BCUT2D eigenvalue weighted by Gasteiger charge is 2.15. The van der Waals surface area contributed by atoms with Crippen molar-refractivity contribution in [3.63, 3.8) is 0 Å². The van der Waals surface area contributed by atoms with Crippen LogP contribution in [0.15, 0.2) is 24.3 Å². The molecule has 1 aliphatic rings. The molecule has 0 amide bonds. The lowest BCUT2D eigenvalue weighted by molar-refractivity contribution is 0.101. The van der Waals surface area contributed by atoms with Crippen molar-refractivity contribution >= 4 is 5.78 Å². The van der Waals surface area contributed by atoms with E-state index in [1.807, 2.05) is 12.1 Å². The molecule has 0 radical (unpaired) electrons. The van der Waals surface area contributed by atoms with Crippen LogP contribution < -0.4 is 4.74 Å². The van der Waals surface area contributed by atoms with E-state index in [0.29, 0.717) is 6.61 Å². The molecule has 1 saturated carbocycles. The van der Waals surface area contributed by atoms with E-state index in [2.05, 4.69) is 6.92 Å². The maximum atomic E-state index is 11.0. The van der Waals surface area contributed by atoms with E-state index in [1.165, 1.54) is 19.3 Å². The van der Waals surface area contributed by atoms with Gasteiger partial charge in [-0.3, -0.25) is 4.79 Å². The Balaban J connectivity index is 0.000000262. The van der Waals surface area contributed by atoms with Crippen LogP contribution in [0.1, 0.15) is 62.7 Å². The predicted molar refractivity (Wildman–Crippen MR) is 85.9 cm³/mol. The third-order valence-corrected chi connectivity index (χ3v) is 3.79. The van der Waals surface area contributed by atoms with Crippen LogP contribution in [0.3, 0.4) is 0 Å². The molecule has 0 heterocycles. The molecule has 1 aliphatic carbocycles. The maximum absolute atomic E-state index is 11.0. The summed E-state index contributed by atoms with van der Waals surface area (Å²) in [5, 5.41) is 8.40. The van der Waals surface area contributed by atoms with Crippen molar-refractivity contribution < 1.29 is 14.6 Å². The normalized spacial score (nSPS) is 13.9. The first kappa shape index (κ1) is 17.7. The van der Waals surface area contributed by atoms with E-state index in [0.717, 1.165) is 43.1 Å². The van der Waals surface area contributed by atoms with E-state index < -0.39 is 0 Å². The molecular formula is C18H28O3. The minimum absolute atomic E-state index is 0.0881. The van der Waals surface area contributed by atoms with Gasteiger partial charge in [0.15, 0.2) is 5.78 Å². The number of aliphatic hydroxyl groups is 1. The summed E-state index contributed by atoms with van der Waals surface area (Å²) in [6.07, 6.45) is 7.35. The average molecular weight is 292 g/mol. The molecular weight excluding hydrogens is 264 g/mol. The van der Waals surface area contributed by atoms with Crippen LogP contribution in [-0.2, 0) is 0 Å². The number of hydrogen-bond donors (Lipinski definition) is 1. The van der Waals surface area contributed by atoms with Crippen molar-refractivity contribution in [2.75, 3.05) is 13.2 Å². The van der Waals surface area contributed by atoms with Gasteiger partial charge in [0.1, 0.15) is 5.75 Å². The SMILES string of the molecule is CCCCOc1ccc(C(C)=O)cc1.OCCC1CCC1. The highest BCUT2D eigenvalue weighted by Crippen LogP contribution is 2.28. The predicted octanol–water partition coefficient (Wildman–Crippen LogP) is 4.24. The van der Waals surface area contributed by atoms with Crippen molar-refractivity contribution in [2.24, 2.45) is 5.92 Å². The van der Waals surface area contributed by atoms with Gasteiger partial charge in [0.25, 0.3) is 0 Å². The zero-order chi connectivity index (χ0) is 15.5. The Kier molecular flexibility index (Phi) is 8.76. The number of benzene rings is 1. The molecule has 0 spiro atoms. The Labute approximate surface area is 128 Å². The zero-order valence-corrected chi connectivity index (χ0v) is 13.3. The lowest BCUT2D eigenvalue weighted by atomic mass is 9.83. The lowest BCUT2D eigenvalue weighted by Gasteiger charge is -2.23. The second-order valence-corrected chi connectivity index (χ2v) is 5.59. The number of carbonyl (C=O) groups is 1. The Morgan fingerprint density at radius 2 is 1.95 bits per heavy atom. The number of ether oxygens (including phenoxy) is 1. The fourth-order valence-corrected chi connectivity index (χ4v) is 2.08. The summed E-state index contributed by atoms with van der Waals surface area (Å²) in [6.45, 7) is 4.83. The first-order valence-electron chi connectivity index (χ1n) is 8.02. The van der Waals surface area contributed by atoms with E-state index in [1.54, 1.807) is 19.1 Å². The van der Waals surface area contributed by atoms with Crippen molar-refractivity contribution in [2.45, 2.75) is 52.4 Å². The molecule has 1 aromatic rings. The molecule has 3 heteroatoms. The van der Waals surface area contributed by atoms with Crippen LogP contribution in [0.25, 0.3) is 0 Å². The summed E-state index contributed by atoms with van der Waals surface area (Å²) in [5.41, 5.74) is 0.729. The first-order chi connectivity index (χ1) is 10.2. The van der Waals surface area contributed by atoms with Crippen molar-refractivity contribution in [1.29, 1.82) is 0 Å². The van der Waals surface area contributed by atoms with Gasteiger partial charge in [0.2, 0.25) is 0 Å². The highest BCUT2D eigenvalue weighted by atomic mass is 16.5. The molecule has 0 aliphatic heterocycles. The van der Waals surface area contributed by atoms with E-state index in [9.17, 15) is 4.79 Å². The van der Waals surface area contributed by atoms with Crippen LogP contribution >= 0.6 is 0 Å². The standard InChI is InChI=1S/C12H16O2.C6H12O/c1-3-4-9-14-12-7-5-11(6-8-12)10(2)13;7-5-4-6-2-1-3-6/h5-8H,3-4,9H2,1-2H3;6-7H,1-5H2. The van der Waals surface area contributed by atoms with Crippen LogP contribution in [0.4, 0.5) is 0 Å². The van der Waals surface area contributed by atoms with Gasteiger partial charge < -0.3 is 9.84 Å². The largest absolute Gasteiger partial charge is 0.494 e. The van der Waals surface area contributed by atoms with Gasteiger partial charge in [-0.25, -0.2) is 0 Å². The van der Waals surface area contributed by atoms with E-state index in [4.69, 9.17) is 9.84 Å². The second kappa shape index (κ2) is 10.4. The van der Waals surface area contributed by atoms with Gasteiger partial charge in [-0.1, -0.05) is 32.6 Å². The smallest absolute Gasteiger partial charge is 0.159 e. The van der Waals surface area contributed by atoms with Crippen LogP contribution in [0.2, 0.25) is 0 Å². The first-order valence-corrected chi connectivity index (χ1v) is 8.02. The Bertz CT molecular complexity index is 393. The summed E-state index contributed by atoms with van der Waals surface area (Å²) in [5.74, 6) is 1.80. The number of unbranched alkanes of at least 4 members (excludes halogenated alkanes) is 1. The molecule has 0 bridgehead atoms. The molecule has 0 atom stereocenters. The van der Waals surface area contributed by atoms with Crippen molar-refractivity contribution in [1.82, 2.24) is 0 Å². The third-order valence-electron chi connectivity index (χ3n) is 3.79. The number of ketones is 1. The van der Waals surface area contributed by atoms with Gasteiger partial charge in [-0.2, -0.15) is 0 Å². The molecule has 118 valence electrons. The third kappa shape index (κ3) is 7.28.